The summed E-state index contributed by atoms with van der Waals surface area (Å²) in [5.41, 5.74) is 2.70. The second-order valence-corrected chi connectivity index (χ2v) is 4.79. The molecule has 0 aliphatic heterocycles. The Kier molecular flexibility index (Phi) is 5.27. The summed E-state index contributed by atoms with van der Waals surface area (Å²) in [6, 6.07) is 6.57. The van der Waals surface area contributed by atoms with Crippen LogP contribution in [0, 0.1) is 0 Å². The van der Waals surface area contributed by atoms with Crippen molar-refractivity contribution < 1.29 is 4.74 Å². The van der Waals surface area contributed by atoms with Gasteiger partial charge in [0.15, 0.2) is 0 Å². The van der Waals surface area contributed by atoms with Gasteiger partial charge in [-0.15, -0.1) is 6.58 Å². The maximum Gasteiger partial charge on any atom is 0.122 e. The molecule has 0 aliphatic carbocycles. The molecule has 0 bridgehead atoms. The summed E-state index contributed by atoms with van der Waals surface area (Å²) in [5.74, 6) is 2.07. The third kappa shape index (κ3) is 3.36. The molecule has 1 rings (SSSR count). The van der Waals surface area contributed by atoms with Crippen LogP contribution < -0.4 is 4.74 Å². The van der Waals surface area contributed by atoms with Crippen LogP contribution in [0.15, 0.2) is 30.9 Å². The van der Waals surface area contributed by atoms with Crippen molar-refractivity contribution in [2.75, 3.05) is 7.11 Å². The van der Waals surface area contributed by atoms with Crippen LogP contribution in [0.4, 0.5) is 0 Å². The van der Waals surface area contributed by atoms with E-state index in [1.54, 1.807) is 7.11 Å². The van der Waals surface area contributed by atoms with Gasteiger partial charge >= 0.3 is 0 Å². The lowest BCUT2D eigenvalue weighted by Crippen LogP contribution is -2.00. The van der Waals surface area contributed by atoms with Crippen molar-refractivity contribution in [3.8, 4) is 5.75 Å². The Bertz CT molecular complexity index is 366. The number of ether oxygens (including phenoxy) is 1. The summed E-state index contributed by atoms with van der Waals surface area (Å²) >= 11 is 0. The van der Waals surface area contributed by atoms with Gasteiger partial charge in [0.1, 0.15) is 5.75 Å². The molecule has 0 spiro atoms. The molecule has 1 atom stereocenters. The van der Waals surface area contributed by atoms with Gasteiger partial charge < -0.3 is 4.74 Å². The molecule has 1 aromatic carbocycles. The lowest BCUT2D eigenvalue weighted by Gasteiger charge is -2.18. The highest BCUT2D eigenvalue weighted by molar-refractivity contribution is 5.40. The zero-order valence-electron chi connectivity index (χ0n) is 11.5. The van der Waals surface area contributed by atoms with E-state index < -0.39 is 0 Å². The second kappa shape index (κ2) is 6.48. The van der Waals surface area contributed by atoms with Crippen LogP contribution in [0.1, 0.15) is 56.6 Å². The summed E-state index contributed by atoms with van der Waals surface area (Å²) in [6.07, 6.45) is 4.20. The Morgan fingerprint density at radius 2 is 2.06 bits per heavy atom. The van der Waals surface area contributed by atoms with E-state index in [1.165, 1.54) is 11.1 Å². The van der Waals surface area contributed by atoms with E-state index >= 15 is 0 Å². The summed E-state index contributed by atoms with van der Waals surface area (Å²) < 4.78 is 5.41. The minimum absolute atomic E-state index is 0.492. The molecule has 0 amide bonds. The smallest absolute Gasteiger partial charge is 0.122 e. The highest BCUT2D eigenvalue weighted by Crippen LogP contribution is 2.32. The third-order valence-corrected chi connectivity index (χ3v) is 3.29. The minimum atomic E-state index is 0.492. The first-order valence-corrected chi connectivity index (χ1v) is 6.42. The van der Waals surface area contributed by atoms with Crippen LogP contribution in [-0.4, -0.2) is 7.11 Å². The van der Waals surface area contributed by atoms with E-state index in [-0.39, 0.29) is 0 Å². The fourth-order valence-electron chi connectivity index (χ4n) is 2.20. The highest BCUT2D eigenvalue weighted by atomic mass is 16.5. The molecule has 17 heavy (non-hydrogen) atoms. The quantitative estimate of drug-likeness (QED) is 0.635. The standard InChI is InChI=1S/C16H24O/c1-6-8-13(7-2)14-9-10-16(17-5)15(11-14)12(3)4/h6,9-13H,1,7-8H2,2-5H3. The number of rotatable bonds is 6. The zero-order chi connectivity index (χ0) is 12.8. The normalized spacial score (nSPS) is 12.5. The topological polar surface area (TPSA) is 9.23 Å². The van der Waals surface area contributed by atoms with Gasteiger partial charge in [0.05, 0.1) is 7.11 Å². The van der Waals surface area contributed by atoms with Crippen molar-refractivity contribution in [1.82, 2.24) is 0 Å². The molecule has 0 aliphatic rings. The first-order valence-electron chi connectivity index (χ1n) is 6.42. The molecule has 0 saturated carbocycles. The van der Waals surface area contributed by atoms with Crippen molar-refractivity contribution in [2.45, 2.75) is 45.4 Å². The summed E-state index contributed by atoms with van der Waals surface area (Å²) in [7, 11) is 1.74. The molecule has 94 valence electrons. The van der Waals surface area contributed by atoms with Crippen molar-refractivity contribution in [1.29, 1.82) is 0 Å². The largest absolute Gasteiger partial charge is 0.496 e. The first kappa shape index (κ1) is 13.8. The van der Waals surface area contributed by atoms with Gasteiger partial charge in [0.25, 0.3) is 0 Å². The van der Waals surface area contributed by atoms with Crippen LogP contribution >= 0.6 is 0 Å². The SMILES string of the molecule is C=CCC(CC)c1ccc(OC)c(C(C)C)c1. The molecule has 1 heteroatoms. The van der Waals surface area contributed by atoms with Crippen molar-refractivity contribution in [2.24, 2.45) is 0 Å². The van der Waals surface area contributed by atoms with Gasteiger partial charge in [-0.05, 0) is 41.9 Å². The number of allylic oxidation sites excluding steroid dienone is 1. The van der Waals surface area contributed by atoms with Crippen LogP contribution in [0.25, 0.3) is 0 Å². The molecule has 0 N–H and O–H groups in total. The van der Waals surface area contributed by atoms with Crippen molar-refractivity contribution in [3.05, 3.63) is 42.0 Å². The lowest BCUT2D eigenvalue weighted by atomic mass is 9.89. The van der Waals surface area contributed by atoms with Crippen LogP contribution in [0.3, 0.4) is 0 Å². The molecule has 0 saturated heterocycles. The third-order valence-electron chi connectivity index (χ3n) is 3.29. The predicted octanol–water partition coefficient (Wildman–Crippen LogP) is 4.89. The maximum atomic E-state index is 5.41. The molecular weight excluding hydrogens is 208 g/mol. The number of hydrogen-bond donors (Lipinski definition) is 0. The molecule has 1 unspecified atom stereocenters. The van der Waals surface area contributed by atoms with E-state index in [2.05, 4.69) is 45.5 Å². The average Bonchev–Trinajstić information content (AvgIpc) is 2.35. The van der Waals surface area contributed by atoms with E-state index in [9.17, 15) is 0 Å². The van der Waals surface area contributed by atoms with E-state index in [0.717, 1.165) is 18.6 Å². The number of benzene rings is 1. The van der Waals surface area contributed by atoms with Gasteiger partial charge in [0, 0.05) is 0 Å². The Labute approximate surface area is 106 Å². The van der Waals surface area contributed by atoms with Crippen LogP contribution in [-0.2, 0) is 0 Å². The average molecular weight is 232 g/mol. The Balaban J connectivity index is 3.09. The maximum absolute atomic E-state index is 5.41. The Hall–Kier alpha value is -1.24. The monoisotopic (exact) mass is 232 g/mol. The molecule has 0 aromatic heterocycles. The summed E-state index contributed by atoms with van der Waals surface area (Å²) in [4.78, 5) is 0. The van der Waals surface area contributed by atoms with Crippen molar-refractivity contribution in [3.63, 3.8) is 0 Å². The Morgan fingerprint density at radius 3 is 2.53 bits per heavy atom. The van der Waals surface area contributed by atoms with Gasteiger partial charge in [-0.1, -0.05) is 39.0 Å². The second-order valence-electron chi connectivity index (χ2n) is 4.79. The summed E-state index contributed by atoms with van der Waals surface area (Å²) in [5, 5.41) is 0. The van der Waals surface area contributed by atoms with Gasteiger partial charge in [-0.3, -0.25) is 0 Å². The predicted molar refractivity (Wildman–Crippen MR) is 74.9 cm³/mol. The lowest BCUT2D eigenvalue weighted by molar-refractivity contribution is 0.407. The van der Waals surface area contributed by atoms with Gasteiger partial charge in [-0.2, -0.15) is 0 Å². The van der Waals surface area contributed by atoms with Gasteiger partial charge in [0.2, 0.25) is 0 Å². The van der Waals surface area contributed by atoms with Crippen LogP contribution in [0.2, 0.25) is 0 Å². The summed E-state index contributed by atoms with van der Waals surface area (Å²) in [6.45, 7) is 10.5. The molecule has 1 nitrogen and oxygen atoms in total. The molecule has 0 radical (unpaired) electrons. The minimum Gasteiger partial charge on any atom is -0.496 e. The van der Waals surface area contributed by atoms with E-state index in [0.29, 0.717) is 11.8 Å². The van der Waals surface area contributed by atoms with Gasteiger partial charge in [-0.25, -0.2) is 0 Å². The number of methoxy groups -OCH3 is 1. The molecular formula is C16H24O. The fraction of sp³-hybridized carbons (Fsp3) is 0.500. The Morgan fingerprint density at radius 1 is 1.35 bits per heavy atom. The first-order chi connectivity index (χ1) is 8.13. The molecule has 1 aromatic rings. The fourth-order valence-corrected chi connectivity index (χ4v) is 2.20. The van der Waals surface area contributed by atoms with E-state index in [1.807, 2.05) is 6.08 Å². The number of hydrogen-bond acceptors (Lipinski definition) is 1. The molecule has 0 fully saturated rings. The van der Waals surface area contributed by atoms with Crippen molar-refractivity contribution >= 4 is 0 Å². The highest BCUT2D eigenvalue weighted by Gasteiger charge is 2.13. The van der Waals surface area contributed by atoms with E-state index in [4.69, 9.17) is 4.74 Å². The van der Waals surface area contributed by atoms with Crippen LogP contribution in [0.5, 0.6) is 5.75 Å². The zero-order valence-corrected chi connectivity index (χ0v) is 11.5. The molecule has 0 heterocycles.